The molecule has 1 aliphatic rings. The molecular weight excluding hydrogens is 180 g/mol. The number of hydrogen-bond donors (Lipinski definition) is 2. The van der Waals surface area contributed by atoms with Crippen LogP contribution in [0.3, 0.4) is 0 Å². The van der Waals surface area contributed by atoms with E-state index in [4.69, 9.17) is 0 Å². The first-order valence-electron chi connectivity index (χ1n) is 5.12. The van der Waals surface area contributed by atoms with Crippen molar-refractivity contribution in [1.82, 2.24) is 10.6 Å². The molecule has 0 aromatic carbocycles. The van der Waals surface area contributed by atoms with Crippen LogP contribution < -0.4 is 10.6 Å². The van der Waals surface area contributed by atoms with Crippen LogP contribution in [0.15, 0.2) is 0 Å². The third-order valence-electron chi connectivity index (χ3n) is 2.70. The van der Waals surface area contributed by atoms with E-state index in [0.29, 0.717) is 0 Å². The summed E-state index contributed by atoms with van der Waals surface area (Å²) in [5, 5.41) is 5.45. The van der Waals surface area contributed by atoms with E-state index >= 15 is 0 Å². The zero-order chi connectivity index (χ0) is 10.8. The predicted molar refractivity (Wildman–Crippen MR) is 53.7 cm³/mol. The van der Waals surface area contributed by atoms with Crippen molar-refractivity contribution >= 4 is 11.8 Å². The maximum atomic E-state index is 11.6. The molecule has 1 heterocycles. The van der Waals surface area contributed by atoms with E-state index in [1.807, 2.05) is 6.92 Å². The highest BCUT2D eigenvalue weighted by Gasteiger charge is 2.40. The highest BCUT2D eigenvalue weighted by molar-refractivity contribution is 6.04. The zero-order valence-electron chi connectivity index (χ0n) is 9.02. The molecule has 0 aromatic heterocycles. The maximum Gasteiger partial charge on any atom is 0.246 e. The molecule has 4 nitrogen and oxygen atoms in total. The minimum absolute atomic E-state index is 0.200. The van der Waals surface area contributed by atoms with Gasteiger partial charge in [0.2, 0.25) is 11.8 Å². The number of carbonyl (C=O) groups excluding carboxylic acids is 2. The number of imide groups is 1. The second-order valence-corrected chi connectivity index (χ2v) is 4.12. The number of unbranched alkanes of at least 4 members (excludes halogenated alkanes) is 1. The SMILES string of the molecule is CCCCC1(C)NC(C)C(=O)NC1=O. The Labute approximate surface area is 84.4 Å². The van der Waals surface area contributed by atoms with E-state index in [0.717, 1.165) is 19.3 Å². The third kappa shape index (κ3) is 2.12. The maximum absolute atomic E-state index is 11.6. The molecule has 0 bridgehead atoms. The van der Waals surface area contributed by atoms with E-state index in [9.17, 15) is 9.59 Å². The van der Waals surface area contributed by atoms with E-state index in [2.05, 4.69) is 17.6 Å². The summed E-state index contributed by atoms with van der Waals surface area (Å²) in [6.07, 6.45) is 2.80. The Balaban J connectivity index is 2.67. The Hall–Kier alpha value is -0.900. The normalized spacial score (nSPS) is 32.9. The second-order valence-electron chi connectivity index (χ2n) is 4.12. The first kappa shape index (κ1) is 11.2. The van der Waals surface area contributed by atoms with Gasteiger partial charge in [0.15, 0.2) is 0 Å². The average molecular weight is 198 g/mol. The minimum Gasteiger partial charge on any atom is -0.293 e. The molecule has 2 unspecified atom stereocenters. The smallest absolute Gasteiger partial charge is 0.246 e. The molecule has 0 spiro atoms. The van der Waals surface area contributed by atoms with Crippen molar-refractivity contribution in [3.05, 3.63) is 0 Å². The molecule has 1 fully saturated rings. The molecule has 2 atom stereocenters. The molecule has 0 aromatic rings. The quantitative estimate of drug-likeness (QED) is 0.652. The number of piperazine rings is 1. The van der Waals surface area contributed by atoms with E-state index in [1.54, 1.807) is 6.92 Å². The van der Waals surface area contributed by atoms with Crippen molar-refractivity contribution in [2.75, 3.05) is 0 Å². The highest BCUT2D eigenvalue weighted by Crippen LogP contribution is 2.17. The lowest BCUT2D eigenvalue weighted by molar-refractivity contribution is -0.140. The summed E-state index contributed by atoms with van der Waals surface area (Å²) in [4.78, 5) is 22.8. The Morgan fingerprint density at radius 3 is 2.64 bits per heavy atom. The molecule has 2 amide bonds. The van der Waals surface area contributed by atoms with Gasteiger partial charge in [-0.15, -0.1) is 0 Å². The van der Waals surface area contributed by atoms with Gasteiger partial charge in [-0.1, -0.05) is 19.8 Å². The van der Waals surface area contributed by atoms with Gasteiger partial charge in [-0.25, -0.2) is 0 Å². The number of rotatable bonds is 3. The Morgan fingerprint density at radius 1 is 1.43 bits per heavy atom. The summed E-state index contributed by atoms with van der Waals surface area (Å²) in [6.45, 7) is 5.70. The molecule has 1 rings (SSSR count). The van der Waals surface area contributed by atoms with Gasteiger partial charge in [-0.3, -0.25) is 20.2 Å². The van der Waals surface area contributed by atoms with Crippen LogP contribution in [-0.2, 0) is 9.59 Å². The second kappa shape index (κ2) is 4.09. The van der Waals surface area contributed by atoms with Crippen molar-refractivity contribution < 1.29 is 9.59 Å². The Kier molecular flexibility index (Phi) is 3.26. The Bertz CT molecular complexity index is 253. The Morgan fingerprint density at radius 2 is 2.07 bits per heavy atom. The molecule has 2 N–H and O–H groups in total. The van der Waals surface area contributed by atoms with Crippen LogP contribution in [0, 0.1) is 0 Å². The van der Waals surface area contributed by atoms with E-state index < -0.39 is 5.54 Å². The zero-order valence-corrected chi connectivity index (χ0v) is 9.02. The van der Waals surface area contributed by atoms with Gasteiger partial charge in [0, 0.05) is 0 Å². The van der Waals surface area contributed by atoms with Gasteiger partial charge in [0.1, 0.15) is 0 Å². The largest absolute Gasteiger partial charge is 0.293 e. The summed E-state index contributed by atoms with van der Waals surface area (Å²) in [5.74, 6) is -0.432. The number of carbonyl (C=O) groups is 2. The van der Waals surface area contributed by atoms with Crippen LogP contribution in [0.25, 0.3) is 0 Å². The molecule has 4 heteroatoms. The van der Waals surface area contributed by atoms with Gasteiger partial charge < -0.3 is 0 Å². The van der Waals surface area contributed by atoms with Gasteiger partial charge in [-0.05, 0) is 20.3 Å². The monoisotopic (exact) mass is 198 g/mol. The van der Waals surface area contributed by atoms with Crippen molar-refractivity contribution in [3.63, 3.8) is 0 Å². The summed E-state index contributed by atoms with van der Waals surface area (Å²) in [5.41, 5.74) is -0.580. The molecule has 14 heavy (non-hydrogen) atoms. The van der Waals surface area contributed by atoms with E-state index in [-0.39, 0.29) is 17.9 Å². The molecule has 1 saturated heterocycles. The lowest BCUT2D eigenvalue weighted by Gasteiger charge is -2.36. The first-order valence-corrected chi connectivity index (χ1v) is 5.12. The fraction of sp³-hybridized carbons (Fsp3) is 0.800. The lowest BCUT2D eigenvalue weighted by Crippen LogP contribution is -2.67. The summed E-state index contributed by atoms with van der Waals surface area (Å²) < 4.78 is 0. The average Bonchev–Trinajstić information content (AvgIpc) is 2.12. The van der Waals surface area contributed by atoms with Gasteiger partial charge in [-0.2, -0.15) is 0 Å². The van der Waals surface area contributed by atoms with Crippen LogP contribution in [0.4, 0.5) is 0 Å². The van der Waals surface area contributed by atoms with Gasteiger partial charge in [0.25, 0.3) is 0 Å². The van der Waals surface area contributed by atoms with Crippen molar-refractivity contribution in [1.29, 1.82) is 0 Å². The summed E-state index contributed by atoms with van der Waals surface area (Å²) in [6, 6.07) is -0.283. The standard InChI is InChI=1S/C10H18N2O2/c1-4-5-6-10(3)9(14)11-8(13)7(2)12-10/h7,12H,4-6H2,1-3H3,(H,11,13,14). The minimum atomic E-state index is -0.580. The topological polar surface area (TPSA) is 58.2 Å². The van der Waals surface area contributed by atoms with E-state index in [1.165, 1.54) is 0 Å². The van der Waals surface area contributed by atoms with Crippen LogP contribution in [0.5, 0.6) is 0 Å². The van der Waals surface area contributed by atoms with Gasteiger partial charge >= 0.3 is 0 Å². The number of amides is 2. The number of hydrogen-bond acceptors (Lipinski definition) is 3. The van der Waals surface area contributed by atoms with Crippen LogP contribution in [-0.4, -0.2) is 23.4 Å². The fourth-order valence-electron chi connectivity index (χ4n) is 1.68. The van der Waals surface area contributed by atoms with Crippen LogP contribution >= 0.6 is 0 Å². The molecule has 80 valence electrons. The van der Waals surface area contributed by atoms with Crippen molar-refractivity contribution in [3.8, 4) is 0 Å². The highest BCUT2D eigenvalue weighted by atomic mass is 16.2. The van der Waals surface area contributed by atoms with Gasteiger partial charge in [0.05, 0.1) is 11.6 Å². The third-order valence-corrected chi connectivity index (χ3v) is 2.70. The first-order chi connectivity index (χ1) is 6.49. The molecule has 0 radical (unpaired) electrons. The number of nitrogens with one attached hydrogen (secondary N) is 2. The molecular formula is C10H18N2O2. The summed E-state index contributed by atoms with van der Waals surface area (Å²) in [7, 11) is 0. The summed E-state index contributed by atoms with van der Waals surface area (Å²) >= 11 is 0. The molecule has 0 saturated carbocycles. The van der Waals surface area contributed by atoms with Crippen molar-refractivity contribution in [2.45, 2.75) is 51.6 Å². The van der Waals surface area contributed by atoms with Crippen molar-refractivity contribution in [2.24, 2.45) is 0 Å². The predicted octanol–water partition coefficient (Wildman–Crippen LogP) is 0.570. The van der Waals surface area contributed by atoms with Crippen LogP contribution in [0.1, 0.15) is 40.0 Å². The fourth-order valence-corrected chi connectivity index (χ4v) is 1.68. The molecule has 0 aliphatic carbocycles. The van der Waals surface area contributed by atoms with Crippen LogP contribution in [0.2, 0.25) is 0 Å². The molecule has 1 aliphatic heterocycles. The lowest BCUT2D eigenvalue weighted by atomic mass is 9.90.